The third-order valence-corrected chi connectivity index (χ3v) is 7.55. The Balaban J connectivity index is 1.58. The van der Waals surface area contributed by atoms with E-state index in [0.29, 0.717) is 17.7 Å². The highest BCUT2D eigenvalue weighted by molar-refractivity contribution is 6.15. The topological polar surface area (TPSA) is 122 Å². The Labute approximate surface area is 180 Å². The van der Waals surface area contributed by atoms with E-state index in [2.05, 4.69) is 10.6 Å². The number of anilines is 1. The number of carbonyl (C=O) groups excluding carboxylic acids is 4. The lowest BCUT2D eigenvalue weighted by Gasteiger charge is -2.32. The molecule has 1 spiro atoms. The molecule has 1 aliphatic carbocycles. The Morgan fingerprint density at radius 2 is 1.77 bits per heavy atom. The second-order valence-electron chi connectivity index (χ2n) is 9.26. The molecule has 3 heterocycles. The monoisotopic (exact) mass is 424 g/mol. The van der Waals surface area contributed by atoms with Gasteiger partial charge in [0.25, 0.3) is 0 Å². The molecule has 1 aromatic carbocycles. The van der Waals surface area contributed by atoms with Gasteiger partial charge in [-0.15, -0.1) is 0 Å². The minimum absolute atomic E-state index is 0.0884. The van der Waals surface area contributed by atoms with Crippen LogP contribution in [0.25, 0.3) is 0 Å². The molecule has 0 unspecified atom stereocenters. The lowest BCUT2D eigenvalue weighted by atomic mass is 9.76. The minimum Gasteiger partial charge on any atom is -0.370 e. The average Bonchev–Trinajstić information content (AvgIpc) is 3.21. The van der Waals surface area contributed by atoms with Crippen molar-refractivity contribution in [1.29, 1.82) is 0 Å². The fourth-order valence-electron chi connectivity index (χ4n) is 6.20. The number of hydrogen-bond acceptors (Lipinski definition) is 5. The van der Waals surface area contributed by atoms with Gasteiger partial charge in [0.2, 0.25) is 23.6 Å². The van der Waals surface area contributed by atoms with Crippen molar-refractivity contribution in [2.45, 2.75) is 69.0 Å². The van der Waals surface area contributed by atoms with Crippen LogP contribution < -0.4 is 16.4 Å². The van der Waals surface area contributed by atoms with Crippen LogP contribution in [0.4, 0.5) is 5.69 Å². The van der Waals surface area contributed by atoms with Crippen molar-refractivity contribution in [3.63, 3.8) is 0 Å². The van der Waals surface area contributed by atoms with Gasteiger partial charge in [0.15, 0.2) is 0 Å². The maximum Gasteiger partial charge on any atom is 0.250 e. The molecule has 3 aliphatic heterocycles. The molecule has 164 valence electrons. The molecule has 5 rings (SSSR count). The van der Waals surface area contributed by atoms with Crippen LogP contribution in [0.5, 0.6) is 0 Å². The standard InChI is InChI=1S/C23H28N4O4/c24-17(28)12-11-16-18-19(21(30)27(20(18)29)13-7-3-1-2-4-8-13)23(26-16)14-9-5-6-10-15(14)25-22(23)31/h5-6,9-10,13,16,18-19,26H,1-4,7-8,11-12H2,(H2,24,28)(H,25,31)/t16-,18-,19-,23-/m1/s1. The zero-order valence-electron chi connectivity index (χ0n) is 17.4. The molecule has 4 amide bonds. The summed E-state index contributed by atoms with van der Waals surface area (Å²) >= 11 is 0. The first-order chi connectivity index (χ1) is 14.9. The number of hydrogen-bond donors (Lipinski definition) is 3. The maximum atomic E-state index is 13.8. The second kappa shape index (κ2) is 7.44. The number of amides is 4. The van der Waals surface area contributed by atoms with E-state index in [-0.39, 0.29) is 30.2 Å². The predicted octanol–water partition coefficient (Wildman–Crippen LogP) is 1.40. The average molecular weight is 425 g/mol. The summed E-state index contributed by atoms with van der Waals surface area (Å²) in [6, 6.07) is 6.72. The first-order valence-electron chi connectivity index (χ1n) is 11.3. The van der Waals surface area contributed by atoms with Crippen LogP contribution >= 0.6 is 0 Å². The third-order valence-electron chi connectivity index (χ3n) is 7.55. The van der Waals surface area contributed by atoms with Crippen LogP contribution in [-0.2, 0) is 24.7 Å². The number of nitrogens with two attached hydrogens (primary N) is 1. The summed E-state index contributed by atoms with van der Waals surface area (Å²) < 4.78 is 0. The molecule has 3 fully saturated rings. The molecule has 0 radical (unpaired) electrons. The van der Waals surface area contributed by atoms with Crippen LogP contribution in [0.1, 0.15) is 56.9 Å². The zero-order chi connectivity index (χ0) is 21.8. The van der Waals surface area contributed by atoms with Crippen LogP contribution in [0.15, 0.2) is 24.3 Å². The zero-order valence-corrected chi connectivity index (χ0v) is 17.4. The van der Waals surface area contributed by atoms with Crippen molar-refractivity contribution in [3.8, 4) is 0 Å². The normalized spacial score (nSPS) is 32.8. The molecule has 8 nitrogen and oxygen atoms in total. The molecule has 0 aromatic heterocycles. The van der Waals surface area contributed by atoms with Crippen molar-refractivity contribution < 1.29 is 19.2 Å². The van der Waals surface area contributed by atoms with E-state index < -0.39 is 29.3 Å². The summed E-state index contributed by atoms with van der Waals surface area (Å²) in [6.07, 6.45) is 6.24. The van der Waals surface area contributed by atoms with E-state index in [9.17, 15) is 19.2 Å². The Morgan fingerprint density at radius 1 is 1.06 bits per heavy atom. The number of nitrogens with one attached hydrogen (secondary N) is 2. The van der Waals surface area contributed by atoms with Crippen molar-refractivity contribution >= 4 is 29.3 Å². The highest BCUT2D eigenvalue weighted by atomic mass is 16.2. The lowest BCUT2D eigenvalue weighted by molar-refractivity contribution is -0.145. The van der Waals surface area contributed by atoms with Crippen LogP contribution in [-0.4, -0.2) is 40.6 Å². The number of primary amides is 1. The number of para-hydroxylation sites is 1. The largest absolute Gasteiger partial charge is 0.370 e. The SMILES string of the molecule is NC(=O)CC[C@H]1N[C@@]2(C(=O)Nc3ccccc32)[C@H]2C(=O)N(C3CCCCCC3)C(=O)[C@H]12. The quantitative estimate of drug-likeness (QED) is 0.498. The highest BCUT2D eigenvalue weighted by Crippen LogP contribution is 2.54. The number of rotatable bonds is 4. The van der Waals surface area contributed by atoms with Gasteiger partial charge in [-0.3, -0.25) is 29.4 Å². The Kier molecular flexibility index (Phi) is 4.84. The summed E-state index contributed by atoms with van der Waals surface area (Å²) in [6.45, 7) is 0. The third kappa shape index (κ3) is 2.91. The Hall–Kier alpha value is -2.74. The van der Waals surface area contributed by atoms with E-state index >= 15 is 0 Å². The summed E-state index contributed by atoms with van der Waals surface area (Å²) in [5.74, 6) is -2.74. The van der Waals surface area contributed by atoms with Gasteiger partial charge in [0.05, 0.1) is 11.8 Å². The molecular formula is C23H28N4O4. The van der Waals surface area contributed by atoms with Crippen molar-refractivity contribution in [2.75, 3.05) is 5.32 Å². The van der Waals surface area contributed by atoms with Gasteiger partial charge in [-0.25, -0.2) is 0 Å². The summed E-state index contributed by atoms with van der Waals surface area (Å²) in [7, 11) is 0. The molecule has 8 heteroatoms. The van der Waals surface area contributed by atoms with E-state index in [4.69, 9.17) is 5.73 Å². The molecule has 4 aliphatic rings. The minimum atomic E-state index is -1.30. The molecule has 2 saturated heterocycles. The van der Waals surface area contributed by atoms with Crippen LogP contribution in [0.3, 0.4) is 0 Å². The molecular weight excluding hydrogens is 396 g/mol. The smallest absolute Gasteiger partial charge is 0.250 e. The Bertz CT molecular complexity index is 955. The first kappa shape index (κ1) is 20.2. The number of imide groups is 1. The van der Waals surface area contributed by atoms with Crippen molar-refractivity contribution in [3.05, 3.63) is 29.8 Å². The van der Waals surface area contributed by atoms with E-state index in [1.807, 2.05) is 18.2 Å². The summed E-state index contributed by atoms with van der Waals surface area (Å²) in [5, 5.41) is 6.23. The van der Waals surface area contributed by atoms with Gasteiger partial charge in [0, 0.05) is 29.8 Å². The molecule has 0 bridgehead atoms. The van der Waals surface area contributed by atoms with Gasteiger partial charge in [-0.05, 0) is 25.3 Å². The maximum absolute atomic E-state index is 13.8. The molecule has 1 aromatic rings. The lowest BCUT2D eigenvalue weighted by Crippen LogP contribution is -2.54. The molecule has 4 atom stereocenters. The number of likely N-dealkylation sites (tertiary alicyclic amines) is 1. The molecule has 1 saturated carbocycles. The van der Waals surface area contributed by atoms with Gasteiger partial charge < -0.3 is 11.1 Å². The van der Waals surface area contributed by atoms with Crippen LogP contribution in [0, 0.1) is 11.8 Å². The summed E-state index contributed by atoms with van der Waals surface area (Å²) in [4.78, 5) is 53.7. The second-order valence-corrected chi connectivity index (χ2v) is 9.26. The fraction of sp³-hybridized carbons (Fsp3) is 0.565. The van der Waals surface area contributed by atoms with Crippen molar-refractivity contribution in [1.82, 2.24) is 10.2 Å². The number of fused-ring (bicyclic) bond motifs is 4. The van der Waals surface area contributed by atoms with Gasteiger partial charge >= 0.3 is 0 Å². The van der Waals surface area contributed by atoms with Gasteiger partial charge in [-0.2, -0.15) is 0 Å². The number of benzene rings is 1. The molecule has 31 heavy (non-hydrogen) atoms. The number of nitrogens with zero attached hydrogens (tertiary/aromatic N) is 1. The van der Waals surface area contributed by atoms with E-state index in [1.54, 1.807) is 6.07 Å². The van der Waals surface area contributed by atoms with Crippen molar-refractivity contribution in [2.24, 2.45) is 17.6 Å². The predicted molar refractivity (Wildman–Crippen MR) is 112 cm³/mol. The van der Waals surface area contributed by atoms with E-state index in [1.165, 1.54) is 4.90 Å². The van der Waals surface area contributed by atoms with E-state index in [0.717, 1.165) is 38.5 Å². The molecule has 4 N–H and O–H groups in total. The first-order valence-corrected chi connectivity index (χ1v) is 11.3. The number of carbonyl (C=O) groups is 4. The van der Waals surface area contributed by atoms with Gasteiger partial charge in [0.1, 0.15) is 5.54 Å². The van der Waals surface area contributed by atoms with Gasteiger partial charge in [-0.1, -0.05) is 43.9 Å². The fourth-order valence-corrected chi connectivity index (χ4v) is 6.20. The highest BCUT2D eigenvalue weighted by Gasteiger charge is 2.70. The summed E-state index contributed by atoms with van der Waals surface area (Å²) in [5.41, 5.74) is 5.43. The van der Waals surface area contributed by atoms with Crippen LogP contribution in [0.2, 0.25) is 0 Å². The Morgan fingerprint density at radius 3 is 2.48 bits per heavy atom.